The van der Waals surface area contributed by atoms with Gasteiger partial charge in [0, 0.05) is 12.5 Å². The molecule has 0 saturated carbocycles. The van der Waals surface area contributed by atoms with Crippen LogP contribution in [-0.4, -0.2) is 6.54 Å². The highest BCUT2D eigenvalue weighted by atomic mass is 14.9. The van der Waals surface area contributed by atoms with Crippen LogP contribution in [0.4, 0.5) is 0 Å². The summed E-state index contributed by atoms with van der Waals surface area (Å²) in [5, 5.41) is 11.8. The van der Waals surface area contributed by atoms with E-state index in [-0.39, 0.29) is 0 Å². The van der Waals surface area contributed by atoms with Gasteiger partial charge in [0.1, 0.15) is 0 Å². The Morgan fingerprint density at radius 3 is 2.71 bits per heavy atom. The van der Waals surface area contributed by atoms with Crippen molar-refractivity contribution in [1.29, 1.82) is 5.26 Å². The van der Waals surface area contributed by atoms with Crippen molar-refractivity contribution in [3.8, 4) is 6.07 Å². The monoisotopic (exact) mass is 188 g/mol. The Labute approximate surface area is 85.6 Å². The van der Waals surface area contributed by atoms with E-state index in [1.807, 2.05) is 18.2 Å². The smallest absolute Gasteiger partial charge is 0.0622 e. The number of hydrogen-bond donors (Lipinski definition) is 1. The van der Waals surface area contributed by atoms with Crippen LogP contribution in [0.15, 0.2) is 30.3 Å². The number of benzene rings is 1. The molecule has 0 aromatic heterocycles. The van der Waals surface area contributed by atoms with Gasteiger partial charge in [0.25, 0.3) is 0 Å². The number of nitrogens with zero attached hydrogens (tertiary/aromatic N) is 1. The molecule has 1 aromatic carbocycles. The second-order valence-corrected chi connectivity index (χ2v) is 3.35. The third kappa shape index (κ3) is 3.59. The van der Waals surface area contributed by atoms with Gasteiger partial charge in [-0.25, -0.2) is 0 Å². The summed E-state index contributed by atoms with van der Waals surface area (Å²) in [4.78, 5) is 0. The molecule has 0 saturated heterocycles. The largest absolute Gasteiger partial charge is 0.310 e. The maximum atomic E-state index is 8.37. The second kappa shape index (κ2) is 6.17. The molecule has 0 radical (unpaired) electrons. The highest BCUT2D eigenvalue weighted by Gasteiger charge is 2.01. The molecular formula is C12H16N2. The van der Waals surface area contributed by atoms with E-state index in [2.05, 4.69) is 30.4 Å². The second-order valence-electron chi connectivity index (χ2n) is 3.35. The summed E-state index contributed by atoms with van der Waals surface area (Å²) in [6.07, 6.45) is 1.56. The van der Waals surface area contributed by atoms with E-state index in [0.717, 1.165) is 13.0 Å². The molecule has 0 aliphatic carbocycles. The Bertz CT molecular complexity index is 287. The maximum Gasteiger partial charge on any atom is 0.0622 e. The van der Waals surface area contributed by atoms with Crippen LogP contribution < -0.4 is 5.32 Å². The molecule has 0 amide bonds. The van der Waals surface area contributed by atoms with Crippen molar-refractivity contribution in [3.63, 3.8) is 0 Å². The predicted molar refractivity (Wildman–Crippen MR) is 57.7 cm³/mol. The molecule has 0 spiro atoms. The van der Waals surface area contributed by atoms with Crippen LogP contribution in [-0.2, 0) is 0 Å². The summed E-state index contributed by atoms with van der Waals surface area (Å²) >= 11 is 0. The van der Waals surface area contributed by atoms with Crippen LogP contribution in [0.5, 0.6) is 0 Å². The van der Waals surface area contributed by atoms with Crippen molar-refractivity contribution in [2.75, 3.05) is 6.54 Å². The SMILES string of the molecule is C[C@H](NCCCC#N)c1ccccc1. The minimum absolute atomic E-state index is 0.370. The molecule has 0 fully saturated rings. The molecule has 2 heteroatoms. The molecule has 74 valence electrons. The van der Waals surface area contributed by atoms with E-state index in [9.17, 15) is 0 Å². The summed E-state index contributed by atoms with van der Waals surface area (Å²) in [6, 6.07) is 12.8. The van der Waals surface area contributed by atoms with Gasteiger partial charge in [-0.1, -0.05) is 30.3 Å². The number of nitrogens with one attached hydrogen (secondary N) is 1. The van der Waals surface area contributed by atoms with Gasteiger partial charge < -0.3 is 5.32 Å². The molecule has 0 unspecified atom stereocenters. The number of hydrogen-bond acceptors (Lipinski definition) is 2. The molecule has 0 heterocycles. The first-order valence-electron chi connectivity index (χ1n) is 5.00. The van der Waals surface area contributed by atoms with Crippen molar-refractivity contribution in [2.45, 2.75) is 25.8 Å². The summed E-state index contributed by atoms with van der Waals surface area (Å²) in [5.41, 5.74) is 1.30. The van der Waals surface area contributed by atoms with E-state index < -0.39 is 0 Å². The average molecular weight is 188 g/mol. The zero-order valence-corrected chi connectivity index (χ0v) is 8.53. The lowest BCUT2D eigenvalue weighted by atomic mass is 10.1. The van der Waals surface area contributed by atoms with Gasteiger partial charge in [-0.15, -0.1) is 0 Å². The number of rotatable bonds is 5. The molecule has 14 heavy (non-hydrogen) atoms. The van der Waals surface area contributed by atoms with Gasteiger partial charge >= 0.3 is 0 Å². The van der Waals surface area contributed by atoms with Crippen molar-refractivity contribution in [2.24, 2.45) is 0 Å². The summed E-state index contributed by atoms with van der Waals surface area (Å²) < 4.78 is 0. The molecule has 1 atom stereocenters. The summed E-state index contributed by atoms with van der Waals surface area (Å²) in [7, 11) is 0. The summed E-state index contributed by atoms with van der Waals surface area (Å²) in [6.45, 7) is 3.05. The molecule has 0 aliphatic heterocycles. The first-order chi connectivity index (χ1) is 6.84. The molecule has 1 rings (SSSR count). The van der Waals surface area contributed by atoms with Crippen molar-refractivity contribution in [3.05, 3.63) is 35.9 Å². The van der Waals surface area contributed by atoms with Gasteiger partial charge in [-0.2, -0.15) is 5.26 Å². The van der Waals surface area contributed by atoms with Crippen LogP contribution in [0.3, 0.4) is 0 Å². The van der Waals surface area contributed by atoms with Crippen LogP contribution >= 0.6 is 0 Å². The van der Waals surface area contributed by atoms with Crippen molar-refractivity contribution in [1.82, 2.24) is 5.32 Å². The molecule has 2 nitrogen and oxygen atoms in total. The average Bonchev–Trinajstić information content (AvgIpc) is 2.25. The third-order valence-electron chi connectivity index (χ3n) is 2.22. The molecular weight excluding hydrogens is 172 g/mol. The topological polar surface area (TPSA) is 35.8 Å². The quantitative estimate of drug-likeness (QED) is 0.721. The fourth-order valence-corrected chi connectivity index (χ4v) is 1.35. The number of nitriles is 1. The molecule has 0 aliphatic rings. The zero-order valence-electron chi connectivity index (χ0n) is 8.53. The highest BCUT2D eigenvalue weighted by molar-refractivity contribution is 5.17. The lowest BCUT2D eigenvalue weighted by Crippen LogP contribution is -2.19. The molecule has 0 bridgehead atoms. The van der Waals surface area contributed by atoms with Crippen LogP contribution in [0.2, 0.25) is 0 Å². The zero-order chi connectivity index (χ0) is 10.2. The standard InChI is InChI=1S/C12H16N2/c1-11(14-10-6-5-9-13)12-7-3-2-4-8-12/h2-4,7-8,11,14H,5-6,10H2,1H3/t11-/m0/s1. The first kappa shape index (κ1) is 10.7. The number of unbranched alkanes of at least 4 members (excludes halogenated alkanes) is 1. The fraction of sp³-hybridized carbons (Fsp3) is 0.417. The normalized spacial score (nSPS) is 12.0. The van der Waals surface area contributed by atoms with Gasteiger partial charge in [0.05, 0.1) is 6.07 Å². The third-order valence-corrected chi connectivity index (χ3v) is 2.22. The maximum absolute atomic E-state index is 8.37. The van der Waals surface area contributed by atoms with Gasteiger partial charge in [0.15, 0.2) is 0 Å². The molecule has 1 N–H and O–H groups in total. The Morgan fingerprint density at radius 2 is 2.07 bits per heavy atom. The highest BCUT2D eigenvalue weighted by Crippen LogP contribution is 2.10. The van der Waals surface area contributed by atoms with Gasteiger partial charge in [-0.05, 0) is 25.5 Å². The van der Waals surface area contributed by atoms with Gasteiger partial charge in [-0.3, -0.25) is 0 Å². The van der Waals surface area contributed by atoms with E-state index in [4.69, 9.17) is 5.26 Å². The lowest BCUT2D eigenvalue weighted by Gasteiger charge is -2.13. The minimum Gasteiger partial charge on any atom is -0.310 e. The van der Waals surface area contributed by atoms with Crippen molar-refractivity contribution < 1.29 is 0 Å². The van der Waals surface area contributed by atoms with E-state index >= 15 is 0 Å². The Kier molecular flexibility index (Phi) is 4.74. The fourth-order valence-electron chi connectivity index (χ4n) is 1.35. The summed E-state index contributed by atoms with van der Waals surface area (Å²) in [5.74, 6) is 0. The van der Waals surface area contributed by atoms with E-state index in [1.54, 1.807) is 0 Å². The first-order valence-corrected chi connectivity index (χ1v) is 5.00. The van der Waals surface area contributed by atoms with E-state index in [0.29, 0.717) is 12.5 Å². The van der Waals surface area contributed by atoms with Crippen LogP contribution in [0, 0.1) is 11.3 Å². The molecule has 1 aromatic rings. The van der Waals surface area contributed by atoms with Crippen LogP contribution in [0.1, 0.15) is 31.4 Å². The van der Waals surface area contributed by atoms with Crippen molar-refractivity contribution >= 4 is 0 Å². The lowest BCUT2D eigenvalue weighted by molar-refractivity contribution is 0.562. The minimum atomic E-state index is 0.370. The Morgan fingerprint density at radius 1 is 1.36 bits per heavy atom. The van der Waals surface area contributed by atoms with E-state index in [1.165, 1.54) is 5.56 Å². The van der Waals surface area contributed by atoms with Gasteiger partial charge in [0.2, 0.25) is 0 Å². The van der Waals surface area contributed by atoms with Crippen LogP contribution in [0.25, 0.3) is 0 Å². The Hall–Kier alpha value is -1.33. The predicted octanol–water partition coefficient (Wildman–Crippen LogP) is 2.64. The Balaban J connectivity index is 2.29.